The minimum Gasteiger partial charge on any atom is -0.379 e. The molecular formula is C15H32BrN3O3S2. The van der Waals surface area contributed by atoms with E-state index in [0.717, 1.165) is 47.0 Å². The maximum atomic E-state index is 10.8. The number of aryl methyl sites for hydroxylation is 1. The van der Waals surface area contributed by atoms with Crippen molar-refractivity contribution < 1.29 is 13.2 Å². The highest BCUT2D eigenvalue weighted by Crippen LogP contribution is 2.28. The van der Waals surface area contributed by atoms with Crippen molar-refractivity contribution in [1.29, 1.82) is 0 Å². The fourth-order valence-electron chi connectivity index (χ4n) is 1.72. The minimum atomic E-state index is -3.52. The van der Waals surface area contributed by atoms with Crippen molar-refractivity contribution in [1.82, 2.24) is 4.90 Å². The van der Waals surface area contributed by atoms with Gasteiger partial charge in [0, 0.05) is 22.4 Å². The first-order chi connectivity index (χ1) is 11.3. The van der Waals surface area contributed by atoms with Crippen LogP contribution in [0.15, 0.2) is 14.7 Å². The molecule has 2 rings (SSSR count). The summed E-state index contributed by atoms with van der Waals surface area (Å²) in [6, 6.07) is 1.51. The highest BCUT2D eigenvalue weighted by Gasteiger charge is 2.12. The first-order valence-electron chi connectivity index (χ1n) is 8.01. The number of thiophene rings is 1. The normalized spacial score (nSPS) is 14.3. The molecule has 1 aliphatic rings. The van der Waals surface area contributed by atoms with Crippen molar-refractivity contribution in [2.45, 2.75) is 38.3 Å². The molecule has 1 aromatic heterocycles. The minimum absolute atomic E-state index is 0.196. The van der Waals surface area contributed by atoms with Crippen LogP contribution in [0.1, 0.15) is 32.1 Å². The van der Waals surface area contributed by atoms with Gasteiger partial charge in [0.05, 0.1) is 13.2 Å². The number of morpholine rings is 1. The van der Waals surface area contributed by atoms with E-state index < -0.39 is 10.0 Å². The van der Waals surface area contributed by atoms with Gasteiger partial charge in [-0.15, -0.1) is 11.3 Å². The Labute approximate surface area is 159 Å². The first-order valence-corrected chi connectivity index (χ1v) is 11.2. The van der Waals surface area contributed by atoms with E-state index in [0.29, 0.717) is 0 Å². The molecule has 1 aromatic rings. The van der Waals surface area contributed by atoms with E-state index in [9.17, 15) is 8.42 Å². The highest BCUT2D eigenvalue weighted by atomic mass is 79.9. The molecule has 1 aliphatic heterocycles. The Bertz CT molecular complexity index is 494. The zero-order chi connectivity index (χ0) is 19.2. The molecule has 1 fully saturated rings. The van der Waals surface area contributed by atoms with Gasteiger partial charge in [-0.05, 0) is 48.9 Å². The number of sulfonamides is 1. The standard InChI is InChI=1S/C7H15NO.C5H6BrNO2S2.C2H6.CH5N/c1-2-3-8-4-6-9-7-5-8;1-3-4(6)2-5(10-3)11(7,8)9;2*1-2/h2-7H2,1H3;2H,1H3,(H2,7,8,9);1-2H3;2H2,1H3. The highest BCUT2D eigenvalue weighted by molar-refractivity contribution is 9.10. The lowest BCUT2D eigenvalue weighted by Gasteiger charge is -2.25. The van der Waals surface area contributed by atoms with Crippen molar-refractivity contribution in [2.75, 3.05) is 39.9 Å². The van der Waals surface area contributed by atoms with Crippen molar-refractivity contribution in [3.05, 3.63) is 15.4 Å². The molecular weight excluding hydrogens is 414 g/mol. The van der Waals surface area contributed by atoms with Gasteiger partial charge in [0.1, 0.15) is 4.21 Å². The van der Waals surface area contributed by atoms with Crippen LogP contribution in [-0.4, -0.2) is 53.2 Å². The molecule has 1 saturated heterocycles. The third-order valence-corrected chi connectivity index (χ3v) is 6.32. The lowest BCUT2D eigenvalue weighted by molar-refractivity contribution is 0.0380. The molecule has 0 aromatic carbocycles. The molecule has 0 amide bonds. The maximum Gasteiger partial charge on any atom is 0.247 e. The van der Waals surface area contributed by atoms with Crippen LogP contribution in [0.4, 0.5) is 0 Å². The van der Waals surface area contributed by atoms with Crippen molar-refractivity contribution in [2.24, 2.45) is 10.9 Å². The Hall–Kier alpha value is -0.0300. The fraction of sp³-hybridized carbons (Fsp3) is 0.733. The van der Waals surface area contributed by atoms with Crippen LogP contribution in [-0.2, 0) is 14.8 Å². The van der Waals surface area contributed by atoms with Crippen LogP contribution >= 0.6 is 27.3 Å². The molecule has 0 aliphatic carbocycles. The molecule has 24 heavy (non-hydrogen) atoms. The van der Waals surface area contributed by atoms with Crippen LogP contribution in [0.5, 0.6) is 0 Å². The summed E-state index contributed by atoms with van der Waals surface area (Å²) in [5.74, 6) is 0. The summed E-state index contributed by atoms with van der Waals surface area (Å²) in [6.07, 6.45) is 1.26. The van der Waals surface area contributed by atoms with Gasteiger partial charge >= 0.3 is 0 Å². The zero-order valence-corrected chi connectivity index (χ0v) is 18.6. The van der Waals surface area contributed by atoms with Crippen LogP contribution in [0.3, 0.4) is 0 Å². The lowest BCUT2D eigenvalue weighted by Crippen LogP contribution is -2.36. The second kappa shape index (κ2) is 15.2. The van der Waals surface area contributed by atoms with Gasteiger partial charge < -0.3 is 10.5 Å². The predicted octanol–water partition coefficient (Wildman–Crippen LogP) is 2.80. The van der Waals surface area contributed by atoms with Gasteiger partial charge in [-0.25, -0.2) is 13.6 Å². The maximum absolute atomic E-state index is 10.8. The molecule has 0 bridgehead atoms. The first kappa shape index (κ1) is 26.2. The van der Waals surface area contributed by atoms with Crippen LogP contribution in [0, 0.1) is 6.92 Å². The van der Waals surface area contributed by atoms with Crippen LogP contribution < -0.4 is 10.9 Å². The predicted molar refractivity (Wildman–Crippen MR) is 107 cm³/mol. The van der Waals surface area contributed by atoms with Crippen molar-refractivity contribution in [3.8, 4) is 0 Å². The van der Waals surface area contributed by atoms with Gasteiger partial charge in [0.25, 0.3) is 0 Å². The van der Waals surface area contributed by atoms with Gasteiger partial charge in [-0.2, -0.15) is 0 Å². The summed E-state index contributed by atoms with van der Waals surface area (Å²) in [4.78, 5) is 3.36. The fourth-order valence-corrected chi connectivity index (χ4v) is 4.25. The van der Waals surface area contributed by atoms with Gasteiger partial charge in [-0.3, -0.25) is 4.90 Å². The van der Waals surface area contributed by atoms with Crippen molar-refractivity contribution >= 4 is 37.3 Å². The molecule has 4 N–H and O–H groups in total. The summed E-state index contributed by atoms with van der Waals surface area (Å²) in [5.41, 5.74) is 4.50. The Morgan fingerprint density at radius 3 is 2.08 bits per heavy atom. The number of hydrogen-bond acceptors (Lipinski definition) is 6. The molecule has 2 heterocycles. The van der Waals surface area contributed by atoms with Gasteiger partial charge in [0.15, 0.2) is 0 Å². The number of rotatable bonds is 3. The summed E-state index contributed by atoms with van der Waals surface area (Å²) < 4.78 is 27.7. The Kier molecular flexibility index (Phi) is 16.6. The number of nitrogens with zero attached hydrogens (tertiary/aromatic N) is 1. The van der Waals surface area contributed by atoms with Gasteiger partial charge in [-0.1, -0.05) is 20.8 Å². The molecule has 0 saturated carbocycles. The quantitative estimate of drug-likeness (QED) is 0.744. The average Bonchev–Trinajstić information content (AvgIpc) is 2.93. The van der Waals surface area contributed by atoms with E-state index in [1.54, 1.807) is 0 Å². The number of nitrogens with two attached hydrogens (primary N) is 2. The lowest BCUT2D eigenvalue weighted by atomic mass is 10.4. The Balaban J connectivity index is 0. The van der Waals surface area contributed by atoms with E-state index in [4.69, 9.17) is 9.88 Å². The van der Waals surface area contributed by atoms with E-state index in [1.165, 1.54) is 26.1 Å². The van der Waals surface area contributed by atoms with E-state index in [-0.39, 0.29) is 4.21 Å². The topological polar surface area (TPSA) is 98.7 Å². The Morgan fingerprint density at radius 1 is 1.29 bits per heavy atom. The van der Waals surface area contributed by atoms with Crippen LogP contribution in [0.25, 0.3) is 0 Å². The molecule has 144 valence electrons. The van der Waals surface area contributed by atoms with E-state index in [1.807, 2.05) is 20.8 Å². The van der Waals surface area contributed by atoms with E-state index in [2.05, 4.69) is 33.5 Å². The van der Waals surface area contributed by atoms with Crippen LogP contribution in [0.2, 0.25) is 0 Å². The summed E-state index contributed by atoms with van der Waals surface area (Å²) >= 11 is 4.36. The second-order valence-corrected chi connectivity index (χ2v) is 8.37. The molecule has 0 spiro atoms. The molecule has 0 atom stereocenters. The molecule has 9 heteroatoms. The second-order valence-electron chi connectivity index (χ2n) is 4.47. The Morgan fingerprint density at radius 2 is 1.79 bits per heavy atom. The largest absolute Gasteiger partial charge is 0.379 e. The SMILES string of the molecule is CC.CCCN1CCOCC1.CN.Cc1sc(S(N)(=O)=O)cc1Br. The number of primary sulfonamides is 1. The number of ether oxygens (including phenoxy) is 1. The molecule has 6 nitrogen and oxygen atoms in total. The van der Waals surface area contributed by atoms with E-state index >= 15 is 0 Å². The summed E-state index contributed by atoms with van der Waals surface area (Å²) in [6.45, 7) is 13.4. The molecule has 0 unspecified atom stereocenters. The average molecular weight is 446 g/mol. The summed E-state index contributed by atoms with van der Waals surface area (Å²) in [7, 11) is -2.02. The smallest absolute Gasteiger partial charge is 0.247 e. The third kappa shape index (κ3) is 11.5. The monoisotopic (exact) mass is 445 g/mol. The molecule has 0 radical (unpaired) electrons. The van der Waals surface area contributed by atoms with Crippen molar-refractivity contribution in [3.63, 3.8) is 0 Å². The number of hydrogen-bond donors (Lipinski definition) is 2. The summed E-state index contributed by atoms with van der Waals surface area (Å²) in [5, 5.41) is 4.90. The van der Waals surface area contributed by atoms with Gasteiger partial charge in [0.2, 0.25) is 10.0 Å². The third-order valence-electron chi connectivity index (χ3n) is 2.76. The number of halogens is 1. The zero-order valence-electron chi connectivity index (χ0n) is 15.3.